The minimum Gasteiger partial charge on any atom is -0.462 e. The number of esters is 1. The molecular formula is C19H17Cl2N5O2. The van der Waals surface area contributed by atoms with E-state index in [0.717, 1.165) is 0 Å². The zero-order chi connectivity index (χ0) is 20.1. The number of nitrogens with zero attached hydrogens (tertiary/aromatic N) is 2. The van der Waals surface area contributed by atoms with Crippen molar-refractivity contribution in [2.24, 2.45) is 0 Å². The summed E-state index contributed by atoms with van der Waals surface area (Å²) in [4.78, 5) is 20.2. The van der Waals surface area contributed by atoms with Gasteiger partial charge in [-0.05, 0) is 37.3 Å². The molecule has 0 aliphatic rings. The Morgan fingerprint density at radius 2 is 1.82 bits per heavy atom. The molecule has 4 N–H and O–H groups in total. The van der Waals surface area contributed by atoms with E-state index in [-0.39, 0.29) is 5.69 Å². The summed E-state index contributed by atoms with van der Waals surface area (Å²) >= 11 is 12.2. The lowest BCUT2D eigenvalue weighted by atomic mass is 10.2. The third kappa shape index (κ3) is 4.44. The topological polar surface area (TPSA) is 102 Å². The molecule has 1 heterocycles. The third-order valence-corrected chi connectivity index (χ3v) is 4.54. The summed E-state index contributed by atoms with van der Waals surface area (Å²) in [7, 11) is 0. The van der Waals surface area contributed by atoms with E-state index in [1.165, 1.54) is 6.33 Å². The Bertz CT molecular complexity index is 1010. The number of carbonyl (C=O) groups is 1. The van der Waals surface area contributed by atoms with Gasteiger partial charge in [-0.2, -0.15) is 0 Å². The molecule has 28 heavy (non-hydrogen) atoms. The van der Waals surface area contributed by atoms with Gasteiger partial charge < -0.3 is 21.1 Å². The fourth-order valence-corrected chi connectivity index (χ4v) is 2.75. The second-order valence-corrected chi connectivity index (χ2v) is 6.42. The van der Waals surface area contributed by atoms with Crippen LogP contribution in [0, 0.1) is 0 Å². The van der Waals surface area contributed by atoms with Crippen molar-refractivity contribution in [3.8, 4) is 0 Å². The molecule has 0 fully saturated rings. The maximum atomic E-state index is 11.9. The summed E-state index contributed by atoms with van der Waals surface area (Å²) in [5.41, 5.74) is 8.08. The molecular weight excluding hydrogens is 401 g/mol. The van der Waals surface area contributed by atoms with Crippen LogP contribution in [-0.2, 0) is 4.74 Å². The van der Waals surface area contributed by atoms with Crippen molar-refractivity contribution in [2.75, 3.05) is 23.0 Å². The molecule has 1 aromatic heterocycles. The van der Waals surface area contributed by atoms with Crippen LogP contribution in [0.15, 0.2) is 48.8 Å². The number of aromatic nitrogens is 2. The molecule has 0 spiro atoms. The van der Waals surface area contributed by atoms with E-state index in [4.69, 9.17) is 33.7 Å². The molecule has 0 saturated heterocycles. The highest BCUT2D eigenvalue weighted by Gasteiger charge is 2.12. The SMILES string of the molecule is CCOC(=O)c1cccc(Nc2ncnc(Nc3cccc(Cl)c3Cl)c2N)c1. The first-order valence-electron chi connectivity index (χ1n) is 8.35. The van der Waals surface area contributed by atoms with Crippen LogP contribution in [0.5, 0.6) is 0 Å². The first kappa shape index (κ1) is 19.7. The smallest absolute Gasteiger partial charge is 0.338 e. The second-order valence-electron chi connectivity index (χ2n) is 5.64. The average Bonchev–Trinajstić information content (AvgIpc) is 2.69. The van der Waals surface area contributed by atoms with Gasteiger partial charge in [0.15, 0.2) is 11.6 Å². The molecule has 0 bridgehead atoms. The van der Waals surface area contributed by atoms with Crippen molar-refractivity contribution in [2.45, 2.75) is 6.92 Å². The van der Waals surface area contributed by atoms with Crippen LogP contribution in [0.25, 0.3) is 0 Å². The van der Waals surface area contributed by atoms with E-state index in [1.54, 1.807) is 49.4 Å². The highest BCUT2D eigenvalue weighted by molar-refractivity contribution is 6.43. The van der Waals surface area contributed by atoms with Gasteiger partial charge in [0.2, 0.25) is 0 Å². The molecule has 0 aliphatic heterocycles. The van der Waals surface area contributed by atoms with Crippen molar-refractivity contribution < 1.29 is 9.53 Å². The molecule has 0 saturated carbocycles. The predicted molar refractivity (Wildman–Crippen MR) is 112 cm³/mol. The lowest BCUT2D eigenvalue weighted by Crippen LogP contribution is -2.07. The van der Waals surface area contributed by atoms with Crippen molar-refractivity contribution in [3.63, 3.8) is 0 Å². The molecule has 3 aromatic rings. The lowest BCUT2D eigenvalue weighted by Gasteiger charge is -2.14. The zero-order valence-corrected chi connectivity index (χ0v) is 16.4. The van der Waals surface area contributed by atoms with Crippen molar-refractivity contribution in [1.29, 1.82) is 0 Å². The molecule has 0 unspecified atom stereocenters. The summed E-state index contributed by atoms with van der Waals surface area (Å²) < 4.78 is 5.01. The number of ether oxygens (including phenoxy) is 1. The van der Waals surface area contributed by atoms with Crippen molar-refractivity contribution >= 4 is 57.9 Å². The monoisotopic (exact) mass is 417 g/mol. The Morgan fingerprint density at radius 1 is 1.11 bits per heavy atom. The quantitative estimate of drug-likeness (QED) is 0.483. The van der Waals surface area contributed by atoms with Gasteiger partial charge in [0.25, 0.3) is 0 Å². The largest absolute Gasteiger partial charge is 0.462 e. The van der Waals surface area contributed by atoms with Crippen LogP contribution in [0.3, 0.4) is 0 Å². The summed E-state index contributed by atoms with van der Waals surface area (Å²) in [5.74, 6) is 0.333. The average molecular weight is 418 g/mol. The first-order valence-corrected chi connectivity index (χ1v) is 9.11. The number of benzene rings is 2. The van der Waals surface area contributed by atoms with Gasteiger partial charge >= 0.3 is 5.97 Å². The summed E-state index contributed by atoms with van der Waals surface area (Å²) in [6.07, 6.45) is 1.36. The van der Waals surface area contributed by atoms with Crippen molar-refractivity contribution in [1.82, 2.24) is 9.97 Å². The maximum Gasteiger partial charge on any atom is 0.338 e. The Morgan fingerprint density at radius 3 is 2.57 bits per heavy atom. The van der Waals surface area contributed by atoms with Crippen LogP contribution < -0.4 is 16.4 Å². The summed E-state index contributed by atoms with van der Waals surface area (Å²) in [5, 5.41) is 6.90. The number of hydrogen-bond donors (Lipinski definition) is 3. The fraction of sp³-hybridized carbons (Fsp3) is 0.105. The third-order valence-electron chi connectivity index (χ3n) is 3.73. The van der Waals surface area contributed by atoms with E-state index >= 15 is 0 Å². The second kappa shape index (κ2) is 8.77. The van der Waals surface area contributed by atoms with Crippen LogP contribution >= 0.6 is 23.2 Å². The number of hydrogen-bond acceptors (Lipinski definition) is 7. The molecule has 3 rings (SSSR count). The number of halogens is 2. The lowest BCUT2D eigenvalue weighted by molar-refractivity contribution is 0.0526. The minimum atomic E-state index is -0.403. The Labute approximate surface area is 171 Å². The van der Waals surface area contributed by atoms with E-state index in [1.807, 2.05) is 0 Å². The van der Waals surface area contributed by atoms with Gasteiger partial charge in [-0.3, -0.25) is 0 Å². The van der Waals surface area contributed by atoms with Gasteiger partial charge in [0.1, 0.15) is 12.0 Å². The van der Waals surface area contributed by atoms with E-state index in [9.17, 15) is 4.79 Å². The van der Waals surface area contributed by atoms with Crippen LogP contribution in [0.2, 0.25) is 10.0 Å². The molecule has 0 amide bonds. The van der Waals surface area contributed by atoms with Crippen LogP contribution in [0.4, 0.5) is 28.7 Å². The highest BCUT2D eigenvalue weighted by Crippen LogP contribution is 2.34. The number of anilines is 5. The molecule has 9 heteroatoms. The van der Waals surface area contributed by atoms with Crippen LogP contribution in [0.1, 0.15) is 17.3 Å². The number of nitrogens with two attached hydrogens (primary N) is 1. The molecule has 144 valence electrons. The number of nitrogens with one attached hydrogen (secondary N) is 2. The van der Waals surface area contributed by atoms with E-state index in [2.05, 4.69) is 20.6 Å². The highest BCUT2D eigenvalue weighted by atomic mass is 35.5. The van der Waals surface area contributed by atoms with Gasteiger partial charge in [-0.1, -0.05) is 35.3 Å². The number of carbonyl (C=O) groups excluding carboxylic acids is 1. The standard InChI is InChI=1S/C19H17Cl2N5O2/c1-2-28-19(27)11-5-3-6-12(9-11)25-17-16(22)18(24-10-23-17)26-14-8-4-7-13(20)15(14)21/h3-10H,2,22H2,1H3,(H2,23,24,25,26). The Kier molecular flexibility index (Phi) is 6.18. The van der Waals surface area contributed by atoms with E-state index in [0.29, 0.717) is 45.2 Å². The summed E-state index contributed by atoms with van der Waals surface area (Å²) in [6, 6.07) is 12.0. The van der Waals surface area contributed by atoms with Gasteiger partial charge in [0.05, 0.1) is 27.9 Å². The van der Waals surface area contributed by atoms with Crippen molar-refractivity contribution in [3.05, 3.63) is 64.4 Å². The molecule has 7 nitrogen and oxygen atoms in total. The molecule has 0 radical (unpaired) electrons. The van der Waals surface area contributed by atoms with Gasteiger partial charge in [-0.25, -0.2) is 14.8 Å². The minimum absolute atomic E-state index is 0.278. The maximum absolute atomic E-state index is 11.9. The van der Waals surface area contributed by atoms with Gasteiger partial charge in [-0.15, -0.1) is 0 Å². The molecule has 0 aliphatic carbocycles. The van der Waals surface area contributed by atoms with Crippen LogP contribution in [-0.4, -0.2) is 22.5 Å². The molecule has 2 aromatic carbocycles. The normalized spacial score (nSPS) is 10.4. The first-order chi connectivity index (χ1) is 13.5. The van der Waals surface area contributed by atoms with Gasteiger partial charge in [0, 0.05) is 5.69 Å². The molecule has 0 atom stereocenters. The predicted octanol–water partition coefficient (Wildman–Crippen LogP) is 5.03. The zero-order valence-electron chi connectivity index (χ0n) is 14.9. The van der Waals surface area contributed by atoms with E-state index < -0.39 is 5.97 Å². The Hall–Kier alpha value is -3.03. The Balaban J connectivity index is 1.85. The fourth-order valence-electron chi connectivity index (χ4n) is 2.40. The number of nitrogen functional groups attached to an aromatic ring is 1. The number of rotatable bonds is 6. The summed E-state index contributed by atoms with van der Waals surface area (Å²) in [6.45, 7) is 2.05.